The molecule has 0 bridgehead atoms. The largest absolute Gasteiger partial charge is 0.356 e. The van der Waals surface area contributed by atoms with Crippen LogP contribution in [0.4, 0.5) is 0 Å². The van der Waals surface area contributed by atoms with Gasteiger partial charge in [0.05, 0.1) is 0 Å². The molecule has 1 amide bonds. The lowest BCUT2D eigenvalue weighted by molar-refractivity contribution is -0.129. The summed E-state index contributed by atoms with van der Waals surface area (Å²) >= 11 is 0. The third kappa shape index (κ3) is 3.80. The molecule has 1 aliphatic rings. The van der Waals surface area contributed by atoms with Crippen LogP contribution in [0, 0.1) is 23.7 Å². The smallest absolute Gasteiger partial charge is 0.223 e. The van der Waals surface area contributed by atoms with Crippen molar-refractivity contribution in [3.8, 4) is 0 Å². The second-order valence-corrected chi connectivity index (χ2v) is 5.33. The van der Waals surface area contributed by atoms with E-state index in [2.05, 4.69) is 26.1 Å². The Bertz CT molecular complexity index is 213. The van der Waals surface area contributed by atoms with Crippen molar-refractivity contribution in [2.24, 2.45) is 23.7 Å². The van der Waals surface area contributed by atoms with Crippen LogP contribution in [0.15, 0.2) is 0 Å². The zero-order chi connectivity index (χ0) is 11.4. The molecule has 0 spiro atoms. The third-order valence-electron chi connectivity index (χ3n) is 3.71. The highest BCUT2D eigenvalue weighted by Crippen LogP contribution is 2.37. The van der Waals surface area contributed by atoms with Gasteiger partial charge in [0.2, 0.25) is 5.91 Å². The molecule has 16 heavy (non-hydrogen) atoms. The molecular weight excluding hydrogens is 198 g/mol. The maximum Gasteiger partial charge on any atom is 0.223 e. The van der Waals surface area contributed by atoms with Crippen LogP contribution in [0.1, 0.15) is 54.4 Å². The van der Waals surface area contributed by atoms with Gasteiger partial charge in [-0.1, -0.05) is 34.6 Å². The van der Waals surface area contributed by atoms with Gasteiger partial charge in [-0.3, -0.25) is 4.79 Å². The molecule has 0 saturated heterocycles. The summed E-state index contributed by atoms with van der Waals surface area (Å²) < 4.78 is 0. The minimum atomic E-state index is 0. The first-order chi connectivity index (χ1) is 7.06. The second kappa shape index (κ2) is 6.93. The van der Waals surface area contributed by atoms with E-state index in [9.17, 15) is 4.79 Å². The molecule has 0 radical (unpaired) electrons. The monoisotopic (exact) mass is 227 g/mol. The van der Waals surface area contributed by atoms with Crippen molar-refractivity contribution in [2.45, 2.75) is 54.4 Å². The highest BCUT2D eigenvalue weighted by atomic mass is 16.1. The van der Waals surface area contributed by atoms with E-state index >= 15 is 0 Å². The molecule has 1 N–H and O–H groups in total. The lowest BCUT2D eigenvalue weighted by atomic mass is 9.70. The predicted octanol–water partition coefficient (Wildman–Crippen LogP) is 3.47. The van der Waals surface area contributed by atoms with E-state index in [0.29, 0.717) is 17.8 Å². The molecule has 0 aliphatic heterocycles. The van der Waals surface area contributed by atoms with Crippen LogP contribution < -0.4 is 5.32 Å². The first-order valence-electron chi connectivity index (χ1n) is 6.34. The number of hydrogen-bond acceptors (Lipinski definition) is 1. The summed E-state index contributed by atoms with van der Waals surface area (Å²) in [6.45, 7) is 9.51. The number of carbonyl (C=O) groups is 1. The summed E-state index contributed by atoms with van der Waals surface area (Å²) in [6.07, 6.45) is 3.59. The summed E-state index contributed by atoms with van der Waals surface area (Å²) in [6, 6.07) is 0. The Hall–Kier alpha value is -0.530. The Balaban J connectivity index is 0.00000225. The van der Waals surface area contributed by atoms with Crippen molar-refractivity contribution in [3.63, 3.8) is 0 Å². The average molecular weight is 227 g/mol. The van der Waals surface area contributed by atoms with Crippen LogP contribution in [0.2, 0.25) is 0 Å². The molecule has 1 fully saturated rings. The van der Waals surface area contributed by atoms with Gasteiger partial charge in [-0.05, 0) is 37.5 Å². The number of nitrogens with one attached hydrogen (secondary N) is 1. The Kier molecular flexibility index (Phi) is 6.70. The maximum atomic E-state index is 11.9. The summed E-state index contributed by atoms with van der Waals surface area (Å²) in [4.78, 5) is 11.9. The lowest BCUT2D eigenvalue weighted by Crippen LogP contribution is -2.40. The minimum Gasteiger partial charge on any atom is -0.356 e. The van der Waals surface area contributed by atoms with Crippen LogP contribution >= 0.6 is 0 Å². The van der Waals surface area contributed by atoms with E-state index in [1.807, 2.05) is 6.92 Å². The van der Waals surface area contributed by atoms with E-state index in [4.69, 9.17) is 0 Å². The molecule has 0 heterocycles. The van der Waals surface area contributed by atoms with E-state index in [1.54, 1.807) is 0 Å². The molecule has 0 aromatic carbocycles. The van der Waals surface area contributed by atoms with Gasteiger partial charge in [0.25, 0.3) is 0 Å². The zero-order valence-electron chi connectivity index (χ0n) is 10.5. The van der Waals surface area contributed by atoms with Gasteiger partial charge in [0.15, 0.2) is 0 Å². The first kappa shape index (κ1) is 15.5. The number of rotatable bonds is 3. The highest BCUT2D eigenvalue weighted by molar-refractivity contribution is 5.79. The van der Waals surface area contributed by atoms with E-state index in [-0.39, 0.29) is 19.3 Å². The van der Waals surface area contributed by atoms with E-state index < -0.39 is 0 Å². The Morgan fingerprint density at radius 3 is 2.50 bits per heavy atom. The van der Waals surface area contributed by atoms with Crippen molar-refractivity contribution in [1.82, 2.24) is 5.32 Å². The molecule has 1 saturated carbocycles. The van der Waals surface area contributed by atoms with Crippen molar-refractivity contribution >= 4 is 5.91 Å². The predicted molar refractivity (Wildman–Crippen MR) is 70.2 cm³/mol. The van der Waals surface area contributed by atoms with Gasteiger partial charge < -0.3 is 5.32 Å². The lowest BCUT2D eigenvalue weighted by Gasteiger charge is -2.36. The van der Waals surface area contributed by atoms with Gasteiger partial charge >= 0.3 is 0 Å². The van der Waals surface area contributed by atoms with Gasteiger partial charge in [-0.2, -0.15) is 0 Å². The zero-order valence-corrected chi connectivity index (χ0v) is 10.5. The van der Waals surface area contributed by atoms with Crippen LogP contribution in [0.3, 0.4) is 0 Å². The topological polar surface area (TPSA) is 29.1 Å². The molecule has 2 nitrogen and oxygen atoms in total. The quantitative estimate of drug-likeness (QED) is 0.786. The summed E-state index contributed by atoms with van der Waals surface area (Å²) in [5.41, 5.74) is 0. The molecule has 1 rings (SSSR count). The maximum absolute atomic E-state index is 11.9. The van der Waals surface area contributed by atoms with E-state index in [0.717, 1.165) is 13.0 Å². The van der Waals surface area contributed by atoms with Crippen LogP contribution in [0.5, 0.6) is 0 Å². The van der Waals surface area contributed by atoms with Crippen molar-refractivity contribution in [2.75, 3.05) is 6.54 Å². The average Bonchev–Trinajstić information content (AvgIpc) is 2.17. The molecule has 0 unspecified atom stereocenters. The third-order valence-corrected chi connectivity index (χ3v) is 3.71. The summed E-state index contributed by atoms with van der Waals surface area (Å²) in [5, 5.41) is 2.98. The number of carbonyl (C=O) groups excluding carboxylic acids is 1. The van der Waals surface area contributed by atoms with Gasteiger partial charge in [0, 0.05) is 12.5 Å². The second-order valence-electron chi connectivity index (χ2n) is 5.33. The molecule has 3 atom stereocenters. The van der Waals surface area contributed by atoms with Gasteiger partial charge in [-0.15, -0.1) is 0 Å². The molecule has 0 aromatic heterocycles. The standard InChI is InChI=1S/C13H25NO.CH4/c1-5-14-13(15)12-8-10(4)6-7-11(12)9(2)3;/h9-12H,5-8H2,1-4H3,(H,14,15);1H4/t10-,11+,12-;/m1./s1. The van der Waals surface area contributed by atoms with Crippen molar-refractivity contribution < 1.29 is 4.79 Å². The molecule has 0 aromatic rings. The first-order valence-corrected chi connectivity index (χ1v) is 6.34. The highest BCUT2D eigenvalue weighted by Gasteiger charge is 2.34. The van der Waals surface area contributed by atoms with E-state index in [1.165, 1.54) is 12.8 Å². The van der Waals surface area contributed by atoms with Crippen LogP contribution in [-0.2, 0) is 4.79 Å². The molecule has 2 heteroatoms. The van der Waals surface area contributed by atoms with Gasteiger partial charge in [0.1, 0.15) is 0 Å². The fourth-order valence-corrected chi connectivity index (χ4v) is 2.81. The minimum absolute atomic E-state index is 0. The number of hydrogen-bond donors (Lipinski definition) is 1. The fraction of sp³-hybridized carbons (Fsp3) is 0.929. The number of amides is 1. The van der Waals surface area contributed by atoms with Crippen LogP contribution in [0.25, 0.3) is 0 Å². The molecular formula is C14H29NO. The normalized spacial score (nSPS) is 29.7. The summed E-state index contributed by atoms with van der Waals surface area (Å²) in [7, 11) is 0. The SMILES string of the molecule is C.CCNC(=O)[C@@H]1C[C@H](C)CC[C@H]1C(C)C. The van der Waals surface area contributed by atoms with Crippen molar-refractivity contribution in [3.05, 3.63) is 0 Å². The fourth-order valence-electron chi connectivity index (χ4n) is 2.81. The molecule has 96 valence electrons. The Labute approximate surface area is 101 Å². The van der Waals surface area contributed by atoms with Crippen LogP contribution in [-0.4, -0.2) is 12.5 Å². The summed E-state index contributed by atoms with van der Waals surface area (Å²) in [5.74, 6) is 2.47. The Morgan fingerprint density at radius 1 is 1.38 bits per heavy atom. The van der Waals surface area contributed by atoms with Gasteiger partial charge in [-0.25, -0.2) is 0 Å². The van der Waals surface area contributed by atoms with Crippen molar-refractivity contribution in [1.29, 1.82) is 0 Å². The molecule has 1 aliphatic carbocycles. The Morgan fingerprint density at radius 2 is 2.00 bits per heavy atom.